The molecule has 1 aromatic rings. The van der Waals surface area contributed by atoms with Crippen LogP contribution in [0.2, 0.25) is 5.22 Å². The van der Waals surface area contributed by atoms with E-state index < -0.39 is 0 Å². The van der Waals surface area contributed by atoms with E-state index in [9.17, 15) is 0 Å². The van der Waals surface area contributed by atoms with Crippen molar-refractivity contribution in [2.75, 3.05) is 6.54 Å². The van der Waals surface area contributed by atoms with Gasteiger partial charge in [-0.25, -0.2) is 0 Å². The number of hydrogen-bond acceptors (Lipinski definition) is 2. The van der Waals surface area contributed by atoms with Crippen molar-refractivity contribution in [3.8, 4) is 0 Å². The average molecular weight is 200 g/mol. The summed E-state index contributed by atoms with van der Waals surface area (Å²) in [6.45, 7) is 6.81. The lowest BCUT2D eigenvalue weighted by molar-refractivity contribution is 0.554. The third-order valence-corrected chi connectivity index (χ3v) is 2.14. The summed E-state index contributed by atoms with van der Waals surface area (Å²) < 4.78 is 5.00. The summed E-state index contributed by atoms with van der Waals surface area (Å²) in [5, 5.41) is 3.74. The molecular formula is C10H14ClNO. The van der Waals surface area contributed by atoms with Gasteiger partial charge in [-0.2, -0.15) is 0 Å². The Morgan fingerprint density at radius 3 is 3.00 bits per heavy atom. The first-order valence-electron chi connectivity index (χ1n) is 4.38. The second-order valence-electron chi connectivity index (χ2n) is 2.82. The normalized spacial score (nSPS) is 12.8. The van der Waals surface area contributed by atoms with E-state index in [-0.39, 0.29) is 6.04 Å². The molecule has 0 aliphatic rings. The summed E-state index contributed by atoms with van der Waals surface area (Å²) in [6, 6.07) is 1.95. The van der Waals surface area contributed by atoms with Crippen LogP contribution in [0.5, 0.6) is 0 Å². The van der Waals surface area contributed by atoms with Gasteiger partial charge in [-0.3, -0.25) is 0 Å². The quantitative estimate of drug-likeness (QED) is 0.737. The molecule has 1 N–H and O–H groups in total. The summed E-state index contributed by atoms with van der Waals surface area (Å²) >= 11 is 5.84. The number of rotatable bonds is 5. The Morgan fingerprint density at radius 2 is 2.54 bits per heavy atom. The molecule has 0 saturated heterocycles. The molecule has 0 aliphatic heterocycles. The minimum atomic E-state index is 0.0891. The Kier molecular flexibility index (Phi) is 4.06. The largest absolute Gasteiger partial charge is 0.453 e. The number of hydrogen-bond donors (Lipinski definition) is 1. The van der Waals surface area contributed by atoms with E-state index in [4.69, 9.17) is 16.0 Å². The lowest BCUT2D eigenvalue weighted by Crippen LogP contribution is -2.19. The smallest absolute Gasteiger partial charge is 0.198 e. The molecular weight excluding hydrogens is 186 g/mol. The molecule has 1 rings (SSSR count). The molecule has 0 bridgehead atoms. The Bertz CT molecular complexity index is 270. The van der Waals surface area contributed by atoms with Gasteiger partial charge in [0, 0.05) is 5.56 Å². The van der Waals surface area contributed by atoms with Gasteiger partial charge >= 0.3 is 0 Å². The van der Waals surface area contributed by atoms with Gasteiger partial charge in [0.25, 0.3) is 0 Å². The molecule has 1 atom stereocenters. The molecule has 0 aromatic carbocycles. The fraction of sp³-hybridized carbons (Fsp3) is 0.400. The van der Waals surface area contributed by atoms with Crippen LogP contribution in [-0.4, -0.2) is 6.54 Å². The molecule has 0 amide bonds. The van der Waals surface area contributed by atoms with Crippen LogP contribution in [0, 0.1) is 0 Å². The van der Waals surface area contributed by atoms with Crippen LogP contribution in [0.1, 0.15) is 24.9 Å². The molecule has 0 fully saturated rings. The van der Waals surface area contributed by atoms with Gasteiger partial charge < -0.3 is 9.73 Å². The van der Waals surface area contributed by atoms with E-state index in [1.807, 2.05) is 12.1 Å². The van der Waals surface area contributed by atoms with Crippen LogP contribution < -0.4 is 5.32 Å². The number of nitrogens with one attached hydrogen (secondary N) is 1. The van der Waals surface area contributed by atoms with Crippen molar-refractivity contribution in [3.05, 3.63) is 35.8 Å². The monoisotopic (exact) mass is 199 g/mol. The topological polar surface area (TPSA) is 25.2 Å². The molecule has 0 aliphatic carbocycles. The lowest BCUT2D eigenvalue weighted by atomic mass is 10.1. The van der Waals surface area contributed by atoms with Crippen molar-refractivity contribution in [3.63, 3.8) is 0 Å². The number of furan rings is 1. The van der Waals surface area contributed by atoms with Gasteiger partial charge in [-0.1, -0.05) is 13.0 Å². The predicted octanol–water partition coefficient (Wildman–Crippen LogP) is 3.16. The Hall–Kier alpha value is -0.730. The van der Waals surface area contributed by atoms with Crippen LogP contribution in [0.3, 0.4) is 0 Å². The zero-order valence-electron chi connectivity index (χ0n) is 7.72. The fourth-order valence-electron chi connectivity index (χ4n) is 1.15. The van der Waals surface area contributed by atoms with E-state index >= 15 is 0 Å². The van der Waals surface area contributed by atoms with Crippen molar-refractivity contribution in [2.24, 2.45) is 0 Å². The standard InChI is InChI=1S/C10H14ClNO/c1-3-6-12-9(4-2)8-5-7-13-10(8)11/h4-5,7,9,12H,2-3,6H2,1H3. The van der Waals surface area contributed by atoms with Crippen LogP contribution in [0.4, 0.5) is 0 Å². The highest BCUT2D eigenvalue weighted by molar-refractivity contribution is 6.29. The second kappa shape index (κ2) is 5.10. The summed E-state index contributed by atoms with van der Waals surface area (Å²) in [4.78, 5) is 0. The van der Waals surface area contributed by atoms with Crippen molar-refractivity contribution >= 4 is 11.6 Å². The lowest BCUT2D eigenvalue weighted by Gasteiger charge is -2.12. The minimum Gasteiger partial charge on any atom is -0.453 e. The number of halogens is 1. The Balaban J connectivity index is 2.66. The third-order valence-electron chi connectivity index (χ3n) is 1.83. The second-order valence-corrected chi connectivity index (χ2v) is 3.16. The molecule has 3 heteroatoms. The molecule has 0 spiro atoms. The predicted molar refractivity (Wildman–Crippen MR) is 54.9 cm³/mol. The van der Waals surface area contributed by atoms with Crippen molar-refractivity contribution < 1.29 is 4.42 Å². The van der Waals surface area contributed by atoms with Gasteiger partial charge in [-0.05, 0) is 30.6 Å². The van der Waals surface area contributed by atoms with Gasteiger partial charge in [0.15, 0.2) is 5.22 Å². The Morgan fingerprint density at radius 1 is 1.77 bits per heavy atom. The van der Waals surface area contributed by atoms with Gasteiger partial charge in [0.05, 0.1) is 12.3 Å². The molecule has 1 aromatic heterocycles. The van der Waals surface area contributed by atoms with Crippen LogP contribution in [0.15, 0.2) is 29.4 Å². The van der Waals surface area contributed by atoms with Gasteiger partial charge in [0.1, 0.15) is 0 Å². The summed E-state index contributed by atoms with van der Waals surface area (Å²) in [5.74, 6) is 0. The highest BCUT2D eigenvalue weighted by atomic mass is 35.5. The molecule has 2 nitrogen and oxygen atoms in total. The summed E-state index contributed by atoms with van der Waals surface area (Å²) in [5.41, 5.74) is 0.949. The molecule has 0 radical (unpaired) electrons. The molecule has 13 heavy (non-hydrogen) atoms. The van der Waals surface area contributed by atoms with Crippen LogP contribution >= 0.6 is 11.6 Å². The Labute approximate surface area is 83.6 Å². The molecule has 1 heterocycles. The molecule has 1 unspecified atom stereocenters. The highest BCUT2D eigenvalue weighted by Crippen LogP contribution is 2.24. The maximum absolute atomic E-state index is 5.84. The van der Waals surface area contributed by atoms with Crippen molar-refractivity contribution in [1.82, 2.24) is 5.32 Å². The van der Waals surface area contributed by atoms with Gasteiger partial charge in [-0.15, -0.1) is 6.58 Å². The zero-order valence-corrected chi connectivity index (χ0v) is 8.47. The van der Waals surface area contributed by atoms with Crippen LogP contribution in [0.25, 0.3) is 0 Å². The minimum absolute atomic E-state index is 0.0891. The van der Waals surface area contributed by atoms with E-state index in [0.29, 0.717) is 5.22 Å². The molecule has 72 valence electrons. The van der Waals surface area contributed by atoms with E-state index in [2.05, 4.69) is 18.8 Å². The summed E-state index contributed by atoms with van der Waals surface area (Å²) in [6.07, 6.45) is 4.49. The first-order valence-corrected chi connectivity index (χ1v) is 4.76. The first kappa shape index (κ1) is 10.4. The third kappa shape index (κ3) is 2.61. The van der Waals surface area contributed by atoms with E-state index in [1.165, 1.54) is 0 Å². The SMILES string of the molecule is C=CC(NCCC)c1ccoc1Cl. The van der Waals surface area contributed by atoms with Crippen LogP contribution in [-0.2, 0) is 0 Å². The van der Waals surface area contributed by atoms with Gasteiger partial charge in [0.2, 0.25) is 0 Å². The van der Waals surface area contributed by atoms with Crippen molar-refractivity contribution in [1.29, 1.82) is 0 Å². The fourth-order valence-corrected chi connectivity index (χ4v) is 1.38. The van der Waals surface area contributed by atoms with E-state index in [0.717, 1.165) is 18.5 Å². The zero-order chi connectivity index (χ0) is 9.68. The average Bonchev–Trinajstić information content (AvgIpc) is 2.54. The maximum Gasteiger partial charge on any atom is 0.198 e. The maximum atomic E-state index is 5.84. The highest BCUT2D eigenvalue weighted by Gasteiger charge is 2.12. The van der Waals surface area contributed by atoms with E-state index in [1.54, 1.807) is 6.26 Å². The summed E-state index contributed by atoms with van der Waals surface area (Å²) in [7, 11) is 0. The molecule has 0 saturated carbocycles. The first-order chi connectivity index (χ1) is 6.29. The van der Waals surface area contributed by atoms with Crippen molar-refractivity contribution in [2.45, 2.75) is 19.4 Å².